The third kappa shape index (κ3) is 8.45. The minimum absolute atomic E-state index is 0.0210. The van der Waals surface area contributed by atoms with Crippen molar-refractivity contribution in [1.29, 1.82) is 0 Å². The smallest absolute Gasteiger partial charge is 0.266 e. The van der Waals surface area contributed by atoms with Crippen molar-refractivity contribution in [3.05, 3.63) is 89.1 Å². The molecule has 0 aliphatic carbocycles. The van der Waals surface area contributed by atoms with Crippen LogP contribution in [0.5, 0.6) is 5.75 Å². The first kappa shape index (κ1) is 39.3. The zero-order valence-corrected chi connectivity index (χ0v) is 31.3. The maximum absolute atomic E-state index is 13.3. The molecule has 0 radical (unpaired) electrons. The first-order valence-electron chi connectivity index (χ1n) is 18.2. The summed E-state index contributed by atoms with van der Waals surface area (Å²) in [4.78, 5) is 76.0. The van der Waals surface area contributed by atoms with Gasteiger partial charge in [0.2, 0.25) is 5.91 Å². The van der Waals surface area contributed by atoms with Gasteiger partial charge in [-0.15, -0.1) is 0 Å². The molecule has 5 amide bonds. The number of aldehydes is 1. The first-order chi connectivity index (χ1) is 27.1. The van der Waals surface area contributed by atoms with Crippen molar-refractivity contribution in [3.63, 3.8) is 0 Å². The van der Waals surface area contributed by atoms with Crippen molar-refractivity contribution in [3.8, 4) is 11.4 Å². The molecule has 56 heavy (non-hydrogen) atoms. The highest BCUT2D eigenvalue weighted by molar-refractivity contribution is 6.24. The van der Waals surface area contributed by atoms with Crippen molar-refractivity contribution >= 4 is 57.8 Å². The quantitative estimate of drug-likeness (QED) is 0.0640. The molecule has 6 rings (SSSR count). The number of nitrogens with one attached hydrogen (secondary N) is 3. The molecule has 0 bridgehead atoms. The van der Waals surface area contributed by atoms with Gasteiger partial charge in [-0.3, -0.25) is 38.1 Å². The molecule has 16 nitrogen and oxygen atoms in total. The summed E-state index contributed by atoms with van der Waals surface area (Å²) in [6.45, 7) is 3.13. The number of carbonyl (C=O) groups is 6. The van der Waals surface area contributed by atoms with Gasteiger partial charge in [-0.1, -0.05) is 23.8 Å². The fourth-order valence-corrected chi connectivity index (χ4v) is 6.55. The molecule has 1 aliphatic rings. The summed E-state index contributed by atoms with van der Waals surface area (Å²) < 4.78 is 20.6. The van der Waals surface area contributed by atoms with Gasteiger partial charge in [0.05, 0.1) is 43.1 Å². The van der Waals surface area contributed by atoms with Crippen LogP contribution >= 0.6 is 0 Å². The average Bonchev–Trinajstić information content (AvgIpc) is 3.81. The molecule has 0 spiro atoms. The number of carbonyl (C=O) groups excluding carboxylic acids is 6. The number of nitrogens with zero attached hydrogens (tertiary/aromatic N) is 4. The molecule has 1 aliphatic heterocycles. The lowest BCUT2D eigenvalue weighted by atomic mass is 10.1. The van der Waals surface area contributed by atoms with Gasteiger partial charge >= 0.3 is 0 Å². The third-order valence-electron chi connectivity index (χ3n) is 9.26. The van der Waals surface area contributed by atoms with Crippen LogP contribution in [0.15, 0.2) is 66.9 Å². The summed E-state index contributed by atoms with van der Waals surface area (Å²) in [5.74, 6) is -2.68. The van der Waals surface area contributed by atoms with Crippen LogP contribution in [-0.4, -0.2) is 114 Å². The van der Waals surface area contributed by atoms with Crippen LogP contribution in [0, 0.1) is 6.92 Å². The summed E-state index contributed by atoms with van der Waals surface area (Å²) in [7, 11) is 3.25. The number of benzene rings is 3. The second kappa shape index (κ2) is 17.8. The number of aromatic nitrogens is 3. The predicted molar refractivity (Wildman–Crippen MR) is 205 cm³/mol. The lowest BCUT2D eigenvalue weighted by molar-refractivity contribution is -0.125. The van der Waals surface area contributed by atoms with Gasteiger partial charge in [0.25, 0.3) is 23.6 Å². The molecule has 0 saturated heterocycles. The maximum Gasteiger partial charge on any atom is 0.266 e. The van der Waals surface area contributed by atoms with E-state index in [1.165, 1.54) is 25.2 Å². The van der Waals surface area contributed by atoms with Crippen LogP contribution in [-0.2, 0) is 30.9 Å². The van der Waals surface area contributed by atoms with Crippen LogP contribution in [0.1, 0.15) is 49.5 Å². The summed E-state index contributed by atoms with van der Waals surface area (Å²) in [5, 5.41) is 14.5. The van der Waals surface area contributed by atoms with E-state index in [0.717, 1.165) is 38.1 Å². The van der Waals surface area contributed by atoms with Crippen molar-refractivity contribution in [2.75, 3.05) is 53.2 Å². The molecule has 3 heterocycles. The van der Waals surface area contributed by atoms with Gasteiger partial charge in [-0.2, -0.15) is 5.10 Å². The third-order valence-corrected chi connectivity index (χ3v) is 9.26. The Morgan fingerprint density at radius 3 is 2.34 bits per heavy atom. The number of hydrogen-bond donors (Lipinski definition) is 3. The Balaban J connectivity index is 0.885. The fourth-order valence-electron chi connectivity index (χ4n) is 6.55. The second-order valence-electron chi connectivity index (χ2n) is 13.1. The normalized spacial score (nSPS) is 12.9. The average molecular weight is 766 g/mol. The molecule has 1 atom stereocenters. The number of ether oxygens (including phenoxy) is 3. The topological polar surface area (TPSA) is 192 Å². The van der Waals surface area contributed by atoms with E-state index in [2.05, 4.69) is 49.9 Å². The Bertz CT molecular complexity index is 2280. The minimum Gasteiger partial charge on any atom is -0.483 e. The molecule has 0 saturated carbocycles. The SMILES string of the molecule is CNC(=O)C(CCC=O)N1C(=O)c2cccc(OCC(=O)NCCOCCOCCNC(=O)c3ccc4c(c3)c3cn(C)nc3n4-c3ccc(C)cc3)c2C1=O. The van der Waals surface area contributed by atoms with E-state index in [0.29, 0.717) is 18.4 Å². The Morgan fingerprint density at radius 1 is 0.893 bits per heavy atom. The lowest BCUT2D eigenvalue weighted by Crippen LogP contribution is -2.48. The molecular weight excluding hydrogens is 722 g/mol. The van der Waals surface area contributed by atoms with Crippen molar-refractivity contribution < 1.29 is 43.0 Å². The predicted octanol–water partition coefficient (Wildman–Crippen LogP) is 2.47. The van der Waals surface area contributed by atoms with Gasteiger partial charge < -0.3 is 35.0 Å². The number of hydrogen-bond acceptors (Lipinski definition) is 10. The maximum atomic E-state index is 13.3. The molecule has 292 valence electrons. The molecule has 0 fully saturated rings. The Hall–Kier alpha value is -6.39. The van der Waals surface area contributed by atoms with E-state index in [4.69, 9.17) is 14.2 Å². The van der Waals surface area contributed by atoms with E-state index >= 15 is 0 Å². The van der Waals surface area contributed by atoms with Crippen molar-refractivity contribution in [2.45, 2.75) is 25.8 Å². The largest absolute Gasteiger partial charge is 0.483 e. The second-order valence-corrected chi connectivity index (χ2v) is 13.1. The molecule has 16 heteroatoms. The van der Waals surface area contributed by atoms with Gasteiger partial charge in [-0.05, 0) is 55.8 Å². The Labute approximate surface area is 322 Å². The zero-order chi connectivity index (χ0) is 39.8. The van der Waals surface area contributed by atoms with Gasteiger partial charge in [0.1, 0.15) is 18.1 Å². The van der Waals surface area contributed by atoms with Crippen LogP contribution < -0.4 is 20.7 Å². The number of rotatable bonds is 19. The van der Waals surface area contributed by atoms with Crippen LogP contribution in [0.4, 0.5) is 0 Å². The van der Waals surface area contributed by atoms with Crippen molar-refractivity contribution in [1.82, 2.24) is 35.2 Å². The van der Waals surface area contributed by atoms with Crippen LogP contribution in [0.25, 0.3) is 27.6 Å². The highest BCUT2D eigenvalue weighted by Gasteiger charge is 2.44. The number of imide groups is 1. The standard InChI is InChI=1S/C40H43N7O9/c1-25-9-12-27(13-10-25)46-31-14-11-26(22-29(31)30-23-45(3)44-36(30)46)37(50)43-16-19-55-21-20-54-18-15-42-34(49)24-56-33-8-4-6-28-35(33)40(53)47(39(28)52)32(7-5-17-48)38(51)41-2/h4,6,8-14,17,22-23,32H,5,7,15-16,18-21,24H2,1-3H3,(H,41,51)(H,42,49)(H,43,50). The van der Waals surface area contributed by atoms with Crippen LogP contribution in [0.3, 0.4) is 0 Å². The lowest BCUT2D eigenvalue weighted by Gasteiger charge is -2.24. The minimum atomic E-state index is -1.17. The Morgan fingerprint density at radius 2 is 1.62 bits per heavy atom. The van der Waals surface area contributed by atoms with Gasteiger partial charge in [0.15, 0.2) is 12.3 Å². The summed E-state index contributed by atoms with van der Waals surface area (Å²) in [5.41, 5.74) is 4.45. The highest BCUT2D eigenvalue weighted by Crippen LogP contribution is 2.34. The van der Waals surface area contributed by atoms with E-state index in [1.807, 2.05) is 32.3 Å². The van der Waals surface area contributed by atoms with E-state index < -0.39 is 36.3 Å². The Kier molecular flexibility index (Phi) is 12.5. The highest BCUT2D eigenvalue weighted by atomic mass is 16.5. The zero-order valence-electron chi connectivity index (χ0n) is 31.3. The molecule has 2 aromatic heterocycles. The number of amides is 5. The van der Waals surface area contributed by atoms with Gasteiger partial charge in [0, 0.05) is 61.8 Å². The van der Waals surface area contributed by atoms with Crippen LogP contribution in [0.2, 0.25) is 0 Å². The summed E-state index contributed by atoms with van der Waals surface area (Å²) in [6.07, 6.45) is 2.52. The monoisotopic (exact) mass is 765 g/mol. The molecule has 1 unspecified atom stereocenters. The summed E-state index contributed by atoms with van der Waals surface area (Å²) >= 11 is 0. The fraction of sp³-hybridized carbons (Fsp3) is 0.325. The van der Waals surface area contributed by atoms with Crippen molar-refractivity contribution in [2.24, 2.45) is 7.05 Å². The van der Waals surface area contributed by atoms with E-state index in [-0.39, 0.29) is 68.6 Å². The van der Waals surface area contributed by atoms with E-state index in [9.17, 15) is 28.8 Å². The first-order valence-corrected chi connectivity index (χ1v) is 18.2. The number of likely N-dealkylation sites (N-methyl/N-ethyl adjacent to an activating group) is 1. The number of aryl methyl sites for hydroxylation is 2. The van der Waals surface area contributed by atoms with E-state index in [1.54, 1.807) is 10.7 Å². The van der Waals surface area contributed by atoms with Gasteiger partial charge in [-0.25, -0.2) is 0 Å². The molecule has 3 N–H and O–H groups in total. The molecular formula is C40H43N7O9. The summed E-state index contributed by atoms with van der Waals surface area (Å²) in [6, 6.07) is 17.1. The molecule has 3 aromatic carbocycles. The number of fused-ring (bicyclic) bond motifs is 4. The molecule has 5 aromatic rings.